The molecule has 0 saturated heterocycles. The van der Waals surface area contributed by atoms with E-state index >= 15 is 0 Å². The SMILES string of the molecule is Cc1ccc(NC(=O)c2cnc(NCc3ccccc3)cn2)c(C)c1. The Morgan fingerprint density at radius 2 is 1.80 bits per heavy atom. The predicted octanol–water partition coefficient (Wildman–Crippen LogP) is 3.96. The summed E-state index contributed by atoms with van der Waals surface area (Å²) >= 11 is 0. The fourth-order valence-electron chi connectivity index (χ4n) is 2.47. The van der Waals surface area contributed by atoms with E-state index in [4.69, 9.17) is 0 Å². The highest BCUT2D eigenvalue weighted by molar-refractivity contribution is 6.03. The van der Waals surface area contributed by atoms with Gasteiger partial charge in [0.25, 0.3) is 5.91 Å². The summed E-state index contributed by atoms with van der Waals surface area (Å²) in [6, 6.07) is 15.9. The number of anilines is 2. The van der Waals surface area contributed by atoms with Crippen LogP contribution in [0.3, 0.4) is 0 Å². The van der Waals surface area contributed by atoms with Crippen LogP contribution in [-0.4, -0.2) is 15.9 Å². The van der Waals surface area contributed by atoms with Crippen molar-refractivity contribution in [2.45, 2.75) is 20.4 Å². The average molecular weight is 332 g/mol. The number of aryl methyl sites for hydroxylation is 2. The van der Waals surface area contributed by atoms with Gasteiger partial charge in [0, 0.05) is 12.2 Å². The molecule has 0 aliphatic carbocycles. The van der Waals surface area contributed by atoms with E-state index in [0.717, 1.165) is 22.4 Å². The number of nitrogens with zero attached hydrogens (tertiary/aromatic N) is 2. The molecule has 3 rings (SSSR count). The maximum Gasteiger partial charge on any atom is 0.275 e. The highest BCUT2D eigenvalue weighted by atomic mass is 16.1. The summed E-state index contributed by atoms with van der Waals surface area (Å²) in [7, 11) is 0. The molecule has 0 aliphatic heterocycles. The molecule has 126 valence electrons. The van der Waals surface area contributed by atoms with Crippen molar-refractivity contribution in [1.29, 1.82) is 0 Å². The Bertz CT molecular complexity index is 861. The van der Waals surface area contributed by atoms with Gasteiger partial charge in [-0.1, -0.05) is 48.0 Å². The third kappa shape index (κ3) is 4.41. The molecule has 1 heterocycles. The van der Waals surface area contributed by atoms with Gasteiger partial charge in [0.1, 0.15) is 11.5 Å². The Hall–Kier alpha value is -3.21. The summed E-state index contributed by atoms with van der Waals surface area (Å²) in [4.78, 5) is 20.8. The zero-order chi connectivity index (χ0) is 17.6. The zero-order valence-corrected chi connectivity index (χ0v) is 14.3. The van der Waals surface area contributed by atoms with E-state index < -0.39 is 0 Å². The molecule has 25 heavy (non-hydrogen) atoms. The summed E-state index contributed by atoms with van der Waals surface area (Å²) in [5.41, 5.74) is 4.39. The van der Waals surface area contributed by atoms with Crippen LogP contribution >= 0.6 is 0 Å². The molecule has 0 saturated carbocycles. The standard InChI is InChI=1S/C20H20N4O/c1-14-8-9-17(15(2)10-14)24-20(25)18-12-23-19(13-21-18)22-11-16-6-4-3-5-7-16/h3-10,12-13H,11H2,1-2H3,(H,22,23)(H,24,25). The predicted molar refractivity (Wildman–Crippen MR) is 99.7 cm³/mol. The van der Waals surface area contributed by atoms with Gasteiger partial charge in [-0.2, -0.15) is 0 Å². The molecule has 0 atom stereocenters. The van der Waals surface area contributed by atoms with E-state index in [-0.39, 0.29) is 11.6 Å². The van der Waals surface area contributed by atoms with Gasteiger partial charge in [0.15, 0.2) is 0 Å². The highest BCUT2D eigenvalue weighted by Crippen LogP contribution is 2.16. The van der Waals surface area contributed by atoms with Crippen molar-refractivity contribution in [3.05, 3.63) is 83.3 Å². The molecule has 0 aliphatic rings. The number of aromatic nitrogens is 2. The van der Waals surface area contributed by atoms with Gasteiger partial charge in [-0.25, -0.2) is 9.97 Å². The summed E-state index contributed by atoms with van der Waals surface area (Å²) in [5, 5.41) is 6.06. The van der Waals surface area contributed by atoms with Crippen LogP contribution in [0, 0.1) is 13.8 Å². The van der Waals surface area contributed by atoms with Crippen molar-refractivity contribution < 1.29 is 4.79 Å². The number of hydrogen-bond donors (Lipinski definition) is 2. The van der Waals surface area contributed by atoms with Crippen LogP contribution < -0.4 is 10.6 Å². The van der Waals surface area contributed by atoms with Crippen LogP contribution in [0.15, 0.2) is 60.9 Å². The van der Waals surface area contributed by atoms with E-state index in [9.17, 15) is 4.79 Å². The van der Waals surface area contributed by atoms with Gasteiger partial charge in [0.05, 0.1) is 12.4 Å². The second kappa shape index (κ2) is 7.57. The van der Waals surface area contributed by atoms with Crippen LogP contribution in [0.1, 0.15) is 27.2 Å². The Morgan fingerprint density at radius 3 is 2.48 bits per heavy atom. The van der Waals surface area contributed by atoms with Crippen molar-refractivity contribution in [1.82, 2.24) is 9.97 Å². The number of amides is 1. The van der Waals surface area contributed by atoms with E-state index in [0.29, 0.717) is 12.4 Å². The molecule has 5 nitrogen and oxygen atoms in total. The molecule has 1 aromatic heterocycles. The number of carbonyl (C=O) groups is 1. The molecule has 1 amide bonds. The van der Waals surface area contributed by atoms with Crippen molar-refractivity contribution in [3.63, 3.8) is 0 Å². The summed E-state index contributed by atoms with van der Waals surface area (Å²) in [5.74, 6) is 0.362. The molecule has 3 aromatic rings. The highest BCUT2D eigenvalue weighted by Gasteiger charge is 2.10. The van der Waals surface area contributed by atoms with Gasteiger partial charge in [-0.15, -0.1) is 0 Å². The van der Waals surface area contributed by atoms with E-state index in [2.05, 4.69) is 20.6 Å². The lowest BCUT2D eigenvalue weighted by Crippen LogP contribution is -2.15. The van der Waals surface area contributed by atoms with Crippen molar-refractivity contribution >= 4 is 17.4 Å². The average Bonchev–Trinajstić information content (AvgIpc) is 2.63. The fourth-order valence-corrected chi connectivity index (χ4v) is 2.47. The lowest BCUT2D eigenvalue weighted by atomic mass is 10.1. The smallest absolute Gasteiger partial charge is 0.275 e. The number of carbonyl (C=O) groups excluding carboxylic acids is 1. The summed E-state index contributed by atoms with van der Waals surface area (Å²) < 4.78 is 0. The first kappa shape index (κ1) is 16.6. The van der Waals surface area contributed by atoms with Crippen LogP contribution in [-0.2, 0) is 6.54 Å². The summed E-state index contributed by atoms with van der Waals surface area (Å²) in [6.45, 7) is 4.64. The molecule has 2 N–H and O–H groups in total. The van der Waals surface area contributed by atoms with Crippen LogP contribution in [0.5, 0.6) is 0 Å². The van der Waals surface area contributed by atoms with E-state index in [1.807, 2.05) is 62.4 Å². The Balaban J connectivity index is 1.62. The molecule has 0 fully saturated rings. The molecular formula is C20H20N4O. The van der Waals surface area contributed by atoms with Gasteiger partial charge in [-0.05, 0) is 31.0 Å². The lowest BCUT2D eigenvalue weighted by molar-refractivity contribution is 0.102. The second-order valence-electron chi connectivity index (χ2n) is 5.90. The first-order valence-electron chi connectivity index (χ1n) is 8.10. The molecule has 0 unspecified atom stereocenters. The van der Waals surface area contributed by atoms with Gasteiger partial charge in [0.2, 0.25) is 0 Å². The largest absolute Gasteiger partial charge is 0.365 e. The Morgan fingerprint density at radius 1 is 1.00 bits per heavy atom. The van der Waals surface area contributed by atoms with E-state index in [1.165, 1.54) is 6.20 Å². The van der Waals surface area contributed by atoms with Crippen molar-refractivity contribution in [3.8, 4) is 0 Å². The molecule has 5 heteroatoms. The second-order valence-corrected chi connectivity index (χ2v) is 5.90. The van der Waals surface area contributed by atoms with Crippen LogP contribution in [0.4, 0.5) is 11.5 Å². The minimum absolute atomic E-state index is 0.269. The molecule has 0 bridgehead atoms. The van der Waals surface area contributed by atoms with Gasteiger partial charge >= 0.3 is 0 Å². The summed E-state index contributed by atoms with van der Waals surface area (Å²) in [6.07, 6.45) is 3.05. The third-order valence-corrected chi connectivity index (χ3v) is 3.83. The topological polar surface area (TPSA) is 66.9 Å². The number of rotatable bonds is 5. The van der Waals surface area contributed by atoms with E-state index in [1.54, 1.807) is 6.20 Å². The number of hydrogen-bond acceptors (Lipinski definition) is 4. The zero-order valence-electron chi connectivity index (χ0n) is 14.3. The Kier molecular flexibility index (Phi) is 5.04. The fraction of sp³-hybridized carbons (Fsp3) is 0.150. The van der Waals surface area contributed by atoms with Gasteiger partial charge < -0.3 is 10.6 Å². The molecule has 2 aromatic carbocycles. The minimum atomic E-state index is -0.269. The molecular weight excluding hydrogens is 312 g/mol. The number of nitrogens with one attached hydrogen (secondary N) is 2. The maximum absolute atomic E-state index is 12.3. The number of benzene rings is 2. The normalized spacial score (nSPS) is 10.3. The quantitative estimate of drug-likeness (QED) is 0.742. The molecule has 0 radical (unpaired) electrons. The Labute approximate surface area is 147 Å². The first-order valence-corrected chi connectivity index (χ1v) is 8.10. The monoisotopic (exact) mass is 332 g/mol. The molecule has 0 spiro atoms. The maximum atomic E-state index is 12.3. The third-order valence-electron chi connectivity index (χ3n) is 3.83. The van der Waals surface area contributed by atoms with Gasteiger partial charge in [-0.3, -0.25) is 4.79 Å². The minimum Gasteiger partial charge on any atom is -0.365 e. The van der Waals surface area contributed by atoms with Crippen LogP contribution in [0.2, 0.25) is 0 Å². The van der Waals surface area contributed by atoms with Crippen LogP contribution in [0.25, 0.3) is 0 Å². The van der Waals surface area contributed by atoms with Crippen molar-refractivity contribution in [2.24, 2.45) is 0 Å². The van der Waals surface area contributed by atoms with Crippen molar-refractivity contribution in [2.75, 3.05) is 10.6 Å². The lowest BCUT2D eigenvalue weighted by Gasteiger charge is -2.09. The first-order chi connectivity index (χ1) is 12.1.